The van der Waals surface area contributed by atoms with Gasteiger partial charge in [-0.2, -0.15) is 0 Å². The van der Waals surface area contributed by atoms with E-state index in [1.807, 2.05) is 36.4 Å². The highest BCUT2D eigenvalue weighted by Gasteiger charge is 2.26. The average Bonchev–Trinajstić information content (AvgIpc) is 3.01. The van der Waals surface area contributed by atoms with Crippen molar-refractivity contribution in [3.8, 4) is 23.0 Å². The summed E-state index contributed by atoms with van der Waals surface area (Å²) in [7, 11) is 0. The summed E-state index contributed by atoms with van der Waals surface area (Å²) in [6, 6.07) is 17.6. The van der Waals surface area contributed by atoms with Gasteiger partial charge in [0.1, 0.15) is 23.0 Å². The lowest BCUT2D eigenvalue weighted by atomic mass is 9.83. The Kier molecular flexibility index (Phi) is 12.6. The summed E-state index contributed by atoms with van der Waals surface area (Å²) in [4.78, 5) is 2.29. The Morgan fingerprint density at radius 2 is 0.932 bits per heavy atom. The quantitative estimate of drug-likeness (QED) is 0.0509. The summed E-state index contributed by atoms with van der Waals surface area (Å²) in [6.07, 6.45) is 9.88. The standard InChI is InChI=1S/C36H42O4S4/c1-2-3-4-5-6-7-8-9-26(27-20-31(41)33(39)29(35(27)43)18-22-10-14-24(37)15-11-22)28-21-32(42)34(40)30(36(28)44)19-23-12-16-25(38)17-13-23/h10-17,20-21,26,37-44H,2-9,18-19H2,1H3. The summed E-state index contributed by atoms with van der Waals surface area (Å²) in [5, 5.41) is 41.7. The number of thiol groups is 4. The molecule has 4 aromatic rings. The Balaban J connectivity index is 1.77. The highest BCUT2D eigenvalue weighted by molar-refractivity contribution is 7.81. The Morgan fingerprint density at radius 1 is 0.545 bits per heavy atom. The number of phenolic OH excluding ortho intramolecular Hbond substituents is 4. The van der Waals surface area contributed by atoms with Crippen LogP contribution >= 0.6 is 50.5 Å². The van der Waals surface area contributed by atoms with Gasteiger partial charge in [0.2, 0.25) is 0 Å². The van der Waals surface area contributed by atoms with Crippen LogP contribution < -0.4 is 0 Å². The molecule has 0 saturated heterocycles. The fraction of sp³-hybridized carbons (Fsp3) is 0.333. The van der Waals surface area contributed by atoms with E-state index in [1.54, 1.807) is 24.3 Å². The number of phenols is 4. The maximum Gasteiger partial charge on any atom is 0.133 e. The zero-order valence-electron chi connectivity index (χ0n) is 25.0. The summed E-state index contributed by atoms with van der Waals surface area (Å²) in [6.45, 7) is 2.22. The van der Waals surface area contributed by atoms with Gasteiger partial charge in [-0.3, -0.25) is 0 Å². The smallest absolute Gasteiger partial charge is 0.133 e. The number of unbranched alkanes of at least 4 members (excludes halogenated alkanes) is 6. The molecule has 0 aliphatic heterocycles. The molecule has 0 heterocycles. The van der Waals surface area contributed by atoms with Crippen molar-refractivity contribution < 1.29 is 20.4 Å². The minimum atomic E-state index is -0.138. The molecule has 0 spiro atoms. The zero-order valence-corrected chi connectivity index (χ0v) is 28.6. The number of hydrogen-bond acceptors (Lipinski definition) is 8. The van der Waals surface area contributed by atoms with Crippen LogP contribution in [0.5, 0.6) is 23.0 Å². The molecule has 4 N–H and O–H groups in total. The van der Waals surface area contributed by atoms with Crippen LogP contribution in [-0.4, -0.2) is 20.4 Å². The molecular formula is C36H42O4S4. The first kappa shape index (κ1) is 34.4. The van der Waals surface area contributed by atoms with Crippen LogP contribution in [0.4, 0.5) is 0 Å². The summed E-state index contributed by atoms with van der Waals surface area (Å²) < 4.78 is 0. The first-order valence-electron chi connectivity index (χ1n) is 15.2. The third-order valence-corrected chi connectivity index (χ3v) is 9.98. The molecule has 0 radical (unpaired) electrons. The molecule has 4 nitrogen and oxygen atoms in total. The van der Waals surface area contributed by atoms with Crippen LogP contribution in [-0.2, 0) is 12.8 Å². The zero-order chi connectivity index (χ0) is 31.8. The van der Waals surface area contributed by atoms with E-state index in [0.717, 1.165) is 41.5 Å². The van der Waals surface area contributed by atoms with E-state index in [-0.39, 0.29) is 28.9 Å². The molecule has 4 aromatic carbocycles. The molecule has 0 unspecified atom stereocenters. The van der Waals surface area contributed by atoms with Crippen molar-refractivity contribution in [3.05, 3.63) is 94.0 Å². The number of aromatic hydroxyl groups is 4. The monoisotopic (exact) mass is 666 g/mol. The second-order valence-corrected chi connectivity index (χ2v) is 13.3. The molecule has 0 aromatic heterocycles. The van der Waals surface area contributed by atoms with E-state index in [1.165, 1.54) is 32.1 Å². The van der Waals surface area contributed by atoms with Crippen molar-refractivity contribution in [3.63, 3.8) is 0 Å². The Hall–Kier alpha value is -2.52. The molecule has 0 saturated carbocycles. The van der Waals surface area contributed by atoms with Gasteiger partial charge in [-0.15, -0.1) is 50.5 Å². The van der Waals surface area contributed by atoms with E-state index in [9.17, 15) is 20.4 Å². The average molecular weight is 667 g/mol. The molecular weight excluding hydrogens is 625 g/mol. The van der Waals surface area contributed by atoms with Gasteiger partial charge in [-0.1, -0.05) is 76.1 Å². The molecule has 0 bridgehead atoms. The van der Waals surface area contributed by atoms with Crippen LogP contribution in [0.3, 0.4) is 0 Å². The molecule has 234 valence electrons. The lowest BCUT2D eigenvalue weighted by molar-refractivity contribution is 0.451. The maximum atomic E-state index is 11.1. The van der Waals surface area contributed by atoms with Crippen molar-refractivity contribution >= 4 is 50.5 Å². The Labute approximate surface area is 283 Å². The summed E-state index contributed by atoms with van der Waals surface area (Å²) >= 11 is 19.4. The van der Waals surface area contributed by atoms with Gasteiger partial charge in [0, 0.05) is 49.5 Å². The van der Waals surface area contributed by atoms with Gasteiger partial charge >= 0.3 is 0 Å². The van der Waals surface area contributed by atoms with Crippen LogP contribution in [0.2, 0.25) is 0 Å². The lowest BCUT2D eigenvalue weighted by Crippen LogP contribution is -2.08. The number of rotatable bonds is 14. The molecule has 0 fully saturated rings. The topological polar surface area (TPSA) is 80.9 Å². The van der Waals surface area contributed by atoms with E-state index >= 15 is 0 Å². The molecule has 8 heteroatoms. The van der Waals surface area contributed by atoms with Crippen LogP contribution in [0.15, 0.2) is 80.2 Å². The third kappa shape index (κ3) is 8.59. The lowest BCUT2D eigenvalue weighted by Gasteiger charge is -2.26. The van der Waals surface area contributed by atoms with Gasteiger partial charge in [0.25, 0.3) is 0 Å². The summed E-state index contributed by atoms with van der Waals surface area (Å²) in [5.74, 6) is 0.401. The van der Waals surface area contributed by atoms with Gasteiger partial charge in [0.05, 0.1) is 0 Å². The first-order valence-corrected chi connectivity index (χ1v) is 17.0. The van der Waals surface area contributed by atoms with Crippen LogP contribution in [0, 0.1) is 0 Å². The molecule has 4 rings (SSSR count). The van der Waals surface area contributed by atoms with E-state index in [0.29, 0.717) is 43.6 Å². The normalized spacial score (nSPS) is 11.4. The van der Waals surface area contributed by atoms with E-state index in [4.69, 9.17) is 25.3 Å². The molecule has 0 aliphatic rings. The van der Waals surface area contributed by atoms with Crippen molar-refractivity contribution in [2.45, 2.75) is 96.6 Å². The first-order chi connectivity index (χ1) is 21.1. The number of benzene rings is 4. The minimum Gasteiger partial charge on any atom is -0.508 e. The van der Waals surface area contributed by atoms with Crippen molar-refractivity contribution in [1.29, 1.82) is 0 Å². The van der Waals surface area contributed by atoms with Crippen LogP contribution in [0.25, 0.3) is 0 Å². The predicted molar refractivity (Wildman–Crippen MR) is 192 cm³/mol. The minimum absolute atomic E-state index is 0.0875. The fourth-order valence-electron chi connectivity index (χ4n) is 5.74. The number of hydrogen-bond donors (Lipinski definition) is 8. The van der Waals surface area contributed by atoms with Crippen LogP contribution in [0.1, 0.15) is 97.6 Å². The molecule has 0 atom stereocenters. The van der Waals surface area contributed by atoms with Crippen molar-refractivity contribution in [2.24, 2.45) is 0 Å². The van der Waals surface area contributed by atoms with E-state index < -0.39 is 0 Å². The highest BCUT2D eigenvalue weighted by Crippen LogP contribution is 2.46. The SMILES string of the molecule is CCCCCCCCCC(c1cc(S)c(O)c(Cc2ccc(O)cc2)c1S)c1cc(S)c(O)c(Cc2ccc(O)cc2)c1S. The molecule has 44 heavy (non-hydrogen) atoms. The second kappa shape index (κ2) is 16.2. The fourth-order valence-corrected chi connectivity index (χ4v) is 7.09. The summed E-state index contributed by atoms with van der Waals surface area (Å²) in [5.41, 5.74) is 5.05. The van der Waals surface area contributed by atoms with Crippen molar-refractivity contribution in [2.75, 3.05) is 0 Å². The molecule has 0 amide bonds. The third-order valence-electron chi connectivity index (χ3n) is 8.24. The van der Waals surface area contributed by atoms with E-state index in [2.05, 4.69) is 32.2 Å². The Morgan fingerprint density at radius 3 is 1.34 bits per heavy atom. The largest absolute Gasteiger partial charge is 0.508 e. The maximum absolute atomic E-state index is 11.1. The second-order valence-electron chi connectivity index (χ2n) is 11.5. The van der Waals surface area contributed by atoms with Gasteiger partial charge in [-0.05, 0) is 65.1 Å². The van der Waals surface area contributed by atoms with Gasteiger partial charge < -0.3 is 20.4 Å². The van der Waals surface area contributed by atoms with Crippen molar-refractivity contribution in [1.82, 2.24) is 0 Å². The Bertz CT molecular complexity index is 1440. The highest BCUT2D eigenvalue weighted by atomic mass is 32.1. The predicted octanol–water partition coefficient (Wildman–Crippen LogP) is 10.1. The van der Waals surface area contributed by atoms with Gasteiger partial charge in [0.15, 0.2) is 0 Å². The van der Waals surface area contributed by atoms with Gasteiger partial charge in [-0.25, -0.2) is 0 Å². The molecule has 0 aliphatic carbocycles.